The smallest absolute Gasteiger partial charge is 0.0493 e. The lowest BCUT2D eigenvalue weighted by Crippen LogP contribution is -2.21. The van der Waals surface area contributed by atoms with Gasteiger partial charge >= 0.3 is 0 Å². The molecule has 7 rings (SSSR count). The number of anilines is 4. The third-order valence-corrected chi connectivity index (χ3v) is 8.09. The summed E-state index contributed by atoms with van der Waals surface area (Å²) >= 11 is 3.64. The van der Waals surface area contributed by atoms with Crippen LogP contribution in [0.25, 0.3) is 11.1 Å². The first-order valence-electron chi connectivity index (χ1n) is 13.9. The van der Waals surface area contributed by atoms with Crippen LogP contribution in [0.3, 0.4) is 0 Å². The van der Waals surface area contributed by atoms with Gasteiger partial charge in [-0.2, -0.15) is 0 Å². The summed E-state index contributed by atoms with van der Waals surface area (Å²) in [5, 5.41) is 0. The molecule has 200 valence electrons. The topological polar surface area (TPSA) is 6.48 Å². The predicted molar refractivity (Wildman–Crippen MR) is 177 cm³/mol. The minimum atomic E-state index is 0.829. The zero-order chi connectivity index (χ0) is 27.9. The fourth-order valence-corrected chi connectivity index (χ4v) is 5.71. The first-order chi connectivity index (χ1) is 20.3. The van der Waals surface area contributed by atoms with Crippen molar-refractivity contribution >= 4 is 38.7 Å². The first kappa shape index (κ1) is 26.6. The van der Waals surface area contributed by atoms with E-state index in [1.165, 1.54) is 45.0 Å². The van der Waals surface area contributed by atoms with Crippen molar-refractivity contribution in [3.8, 4) is 11.1 Å². The monoisotopic (exact) mass is 594 g/mol. The van der Waals surface area contributed by atoms with E-state index in [-0.39, 0.29) is 0 Å². The van der Waals surface area contributed by atoms with Crippen molar-refractivity contribution in [1.82, 2.24) is 0 Å². The van der Waals surface area contributed by atoms with Crippen molar-refractivity contribution in [2.75, 3.05) is 9.80 Å². The van der Waals surface area contributed by atoms with Crippen LogP contribution in [0.1, 0.15) is 11.1 Å². The van der Waals surface area contributed by atoms with E-state index >= 15 is 0 Å². The fraction of sp³-hybridized carbons (Fsp3) is 0.0526. The largest absolute Gasteiger partial charge is 0.337 e. The number of nitrogens with zero attached hydrogens (tertiary/aromatic N) is 2. The second-order valence-corrected chi connectivity index (χ2v) is 10.8. The summed E-state index contributed by atoms with van der Waals surface area (Å²) in [5.74, 6) is 0. The molecule has 0 spiro atoms. The van der Waals surface area contributed by atoms with Gasteiger partial charge in [-0.1, -0.05) is 131 Å². The van der Waals surface area contributed by atoms with E-state index in [9.17, 15) is 0 Å². The molecule has 0 aromatic heterocycles. The number of rotatable bonds is 5. The first-order valence-corrected chi connectivity index (χ1v) is 14.7. The molecular weight excluding hydrogens is 564 g/mol. The Morgan fingerprint density at radius 1 is 0.512 bits per heavy atom. The maximum atomic E-state index is 3.64. The average Bonchev–Trinajstić information content (AvgIpc) is 3.05. The molecule has 3 heteroatoms. The van der Waals surface area contributed by atoms with Crippen molar-refractivity contribution < 1.29 is 0 Å². The molecule has 0 aliphatic carbocycles. The molecule has 2 nitrogen and oxygen atoms in total. The Morgan fingerprint density at radius 2 is 1.02 bits per heavy atom. The molecular formula is C38H31BrN2. The molecule has 1 aliphatic heterocycles. The minimum absolute atomic E-state index is 0.829. The number of fused-ring (bicyclic) bond motifs is 3. The van der Waals surface area contributed by atoms with E-state index in [0.29, 0.717) is 0 Å². The van der Waals surface area contributed by atoms with Crippen LogP contribution in [0.4, 0.5) is 22.7 Å². The summed E-state index contributed by atoms with van der Waals surface area (Å²) in [4.78, 5) is 4.71. The Hall–Kier alpha value is -4.60. The van der Waals surface area contributed by atoms with Gasteiger partial charge in [0.2, 0.25) is 0 Å². The van der Waals surface area contributed by atoms with E-state index in [1.807, 2.05) is 18.2 Å². The molecule has 41 heavy (non-hydrogen) atoms. The van der Waals surface area contributed by atoms with Gasteiger partial charge in [-0.25, -0.2) is 0 Å². The summed E-state index contributed by atoms with van der Waals surface area (Å²) in [7, 11) is 0. The molecule has 0 amide bonds. The van der Waals surface area contributed by atoms with E-state index in [4.69, 9.17) is 0 Å². The van der Waals surface area contributed by atoms with Gasteiger partial charge in [0.05, 0.1) is 0 Å². The Labute approximate surface area is 251 Å². The molecule has 0 bridgehead atoms. The molecule has 1 heterocycles. The molecule has 6 aromatic carbocycles. The van der Waals surface area contributed by atoms with E-state index < -0.39 is 0 Å². The Kier molecular flexibility index (Phi) is 8.25. The Balaban J connectivity index is 0.000000148. The molecule has 6 aromatic rings. The lowest BCUT2D eigenvalue weighted by molar-refractivity contribution is 0.961. The zero-order valence-electron chi connectivity index (χ0n) is 22.8. The van der Waals surface area contributed by atoms with E-state index in [1.54, 1.807) is 0 Å². The lowest BCUT2D eigenvalue weighted by atomic mass is 9.93. The number of halogens is 1. The molecule has 1 aliphatic rings. The van der Waals surface area contributed by atoms with Crippen molar-refractivity contribution in [2.45, 2.75) is 13.1 Å². The average molecular weight is 596 g/mol. The number of hydrogen-bond donors (Lipinski definition) is 0. The van der Waals surface area contributed by atoms with Crippen LogP contribution in [-0.4, -0.2) is 0 Å². The van der Waals surface area contributed by atoms with Crippen molar-refractivity contribution in [3.63, 3.8) is 0 Å². The number of benzene rings is 6. The highest BCUT2D eigenvalue weighted by Gasteiger charge is 2.22. The number of hydrogen-bond acceptors (Lipinski definition) is 2. The maximum absolute atomic E-state index is 3.64. The van der Waals surface area contributed by atoms with Gasteiger partial charge in [0.1, 0.15) is 0 Å². The predicted octanol–water partition coefficient (Wildman–Crippen LogP) is 10.8. The Morgan fingerprint density at radius 3 is 1.68 bits per heavy atom. The van der Waals surface area contributed by atoms with Crippen LogP contribution in [0.2, 0.25) is 0 Å². The van der Waals surface area contributed by atoms with Crippen molar-refractivity contribution in [3.05, 3.63) is 179 Å². The molecule has 0 saturated heterocycles. The zero-order valence-corrected chi connectivity index (χ0v) is 24.4. The lowest BCUT2D eigenvalue weighted by Gasteiger charge is -2.32. The molecule has 0 N–H and O–H groups in total. The highest BCUT2D eigenvalue weighted by molar-refractivity contribution is 9.10. The van der Waals surface area contributed by atoms with Gasteiger partial charge in [0, 0.05) is 45.9 Å². The molecule has 0 fully saturated rings. The minimum Gasteiger partial charge on any atom is -0.337 e. The van der Waals surface area contributed by atoms with Gasteiger partial charge in [0.25, 0.3) is 0 Å². The van der Waals surface area contributed by atoms with Gasteiger partial charge < -0.3 is 9.80 Å². The quantitative estimate of drug-likeness (QED) is 0.196. The van der Waals surface area contributed by atoms with Crippen LogP contribution in [0.15, 0.2) is 168 Å². The fourth-order valence-electron chi connectivity index (χ4n) is 5.30. The third-order valence-electron chi connectivity index (χ3n) is 7.32. The standard InChI is InChI=1S/C19H16BrN.C19H15N/c20-19-14-8-7-9-16(19)15-21(17-10-3-1-4-11-17)18-12-5-2-6-13-18;1-2-9-16(10-3-1)20-14-15-8-4-5-11-17(15)18-12-6-7-13-19(18)20/h1-14H,15H2;1-13H,14H2. The summed E-state index contributed by atoms with van der Waals surface area (Å²) in [6, 6.07) is 57.3. The van der Waals surface area contributed by atoms with Crippen LogP contribution >= 0.6 is 15.9 Å². The van der Waals surface area contributed by atoms with Gasteiger partial charge in [-0.05, 0) is 65.2 Å². The highest BCUT2D eigenvalue weighted by atomic mass is 79.9. The van der Waals surface area contributed by atoms with E-state index in [2.05, 4.69) is 171 Å². The second kappa shape index (κ2) is 12.7. The maximum Gasteiger partial charge on any atom is 0.0493 e. The molecule has 0 radical (unpaired) electrons. The highest BCUT2D eigenvalue weighted by Crippen LogP contribution is 2.42. The molecule has 0 saturated carbocycles. The SMILES string of the molecule is Brc1ccccc1CN(c1ccccc1)c1ccccc1.c1ccc(N2Cc3ccccc3-c3ccccc32)cc1. The van der Waals surface area contributed by atoms with E-state index in [0.717, 1.165) is 17.6 Å². The Bertz CT molecular complexity index is 1660. The van der Waals surface area contributed by atoms with Crippen molar-refractivity contribution in [2.24, 2.45) is 0 Å². The summed E-state index contributed by atoms with van der Waals surface area (Å²) in [5.41, 5.74) is 10.2. The van der Waals surface area contributed by atoms with Gasteiger partial charge in [-0.3, -0.25) is 0 Å². The summed E-state index contributed by atoms with van der Waals surface area (Å²) in [6.07, 6.45) is 0. The van der Waals surface area contributed by atoms with Crippen LogP contribution in [0, 0.1) is 0 Å². The van der Waals surface area contributed by atoms with Crippen molar-refractivity contribution in [1.29, 1.82) is 0 Å². The summed E-state index contributed by atoms with van der Waals surface area (Å²) in [6.45, 7) is 1.76. The molecule has 0 atom stereocenters. The second-order valence-electron chi connectivity index (χ2n) is 9.94. The van der Waals surface area contributed by atoms with Gasteiger partial charge in [-0.15, -0.1) is 0 Å². The summed E-state index contributed by atoms with van der Waals surface area (Å²) < 4.78 is 1.14. The normalized spacial score (nSPS) is 11.5. The van der Waals surface area contributed by atoms with Crippen LogP contribution in [0.5, 0.6) is 0 Å². The van der Waals surface area contributed by atoms with Crippen LogP contribution in [-0.2, 0) is 13.1 Å². The third kappa shape index (κ3) is 6.11. The number of para-hydroxylation sites is 4. The van der Waals surface area contributed by atoms with Gasteiger partial charge in [0.15, 0.2) is 0 Å². The van der Waals surface area contributed by atoms with Crippen LogP contribution < -0.4 is 9.80 Å². The molecule has 0 unspecified atom stereocenters.